The van der Waals surface area contributed by atoms with Crippen LogP contribution in [0.25, 0.3) is 0 Å². The van der Waals surface area contributed by atoms with Crippen LogP contribution in [0.3, 0.4) is 0 Å². The maximum absolute atomic E-state index is 12.9. The highest BCUT2D eigenvalue weighted by Gasteiger charge is 2.33. The Bertz CT molecular complexity index is 772. The van der Waals surface area contributed by atoms with Gasteiger partial charge in [0.25, 0.3) is 0 Å². The van der Waals surface area contributed by atoms with Gasteiger partial charge in [-0.1, -0.05) is 42.0 Å². The van der Waals surface area contributed by atoms with E-state index in [-0.39, 0.29) is 30.0 Å². The molecule has 0 bridgehead atoms. The fraction of sp³-hybridized carbons (Fsp3) is 0.333. The minimum absolute atomic E-state index is 0.0178. The summed E-state index contributed by atoms with van der Waals surface area (Å²) in [5, 5.41) is 2.89. The van der Waals surface area contributed by atoms with Crippen molar-refractivity contribution >= 4 is 11.8 Å². The molecule has 0 radical (unpaired) electrons. The van der Waals surface area contributed by atoms with Crippen molar-refractivity contribution in [1.82, 2.24) is 10.2 Å². The lowest BCUT2D eigenvalue weighted by molar-refractivity contribution is -0.129. The monoisotopic (exact) mass is 354 g/mol. The van der Waals surface area contributed by atoms with Gasteiger partial charge >= 0.3 is 0 Å². The minimum atomic E-state index is -0.304. The number of aryl methyl sites for hydroxylation is 1. The van der Waals surface area contributed by atoms with Gasteiger partial charge in [-0.2, -0.15) is 0 Å². The second-order valence-electron chi connectivity index (χ2n) is 6.83. The Kier molecular flexibility index (Phi) is 5.66. The molecule has 0 saturated carbocycles. The Morgan fingerprint density at radius 1 is 1.12 bits per heavy atom. The first-order valence-electron chi connectivity index (χ1n) is 8.87. The molecule has 5 heteroatoms. The molecule has 1 heterocycles. The van der Waals surface area contributed by atoms with Crippen molar-refractivity contribution in [2.24, 2.45) is 5.92 Å². The maximum atomic E-state index is 12.9. The number of amides is 2. The topological polar surface area (TPSA) is 49.4 Å². The summed E-state index contributed by atoms with van der Waals surface area (Å²) in [6, 6.07) is 14.3. The summed E-state index contributed by atoms with van der Waals surface area (Å²) < 4.78 is 12.9. The van der Waals surface area contributed by atoms with E-state index in [9.17, 15) is 14.0 Å². The fourth-order valence-corrected chi connectivity index (χ4v) is 3.14. The van der Waals surface area contributed by atoms with E-state index in [1.54, 1.807) is 17.0 Å². The zero-order valence-electron chi connectivity index (χ0n) is 14.9. The Hall–Kier alpha value is -2.69. The lowest BCUT2D eigenvalue weighted by Gasteiger charge is -2.17. The quantitative estimate of drug-likeness (QED) is 0.867. The fourth-order valence-electron chi connectivity index (χ4n) is 3.14. The van der Waals surface area contributed by atoms with Gasteiger partial charge in [0, 0.05) is 26.1 Å². The number of nitrogens with one attached hydrogen (secondary N) is 1. The van der Waals surface area contributed by atoms with Crippen molar-refractivity contribution in [3.8, 4) is 0 Å². The molecule has 1 N–H and O–H groups in total. The van der Waals surface area contributed by atoms with Crippen LogP contribution in [0.5, 0.6) is 0 Å². The van der Waals surface area contributed by atoms with Gasteiger partial charge in [-0.05, 0) is 36.6 Å². The molecule has 3 rings (SSSR count). The number of hydrogen-bond donors (Lipinski definition) is 1. The second-order valence-corrected chi connectivity index (χ2v) is 6.83. The molecule has 1 fully saturated rings. The molecule has 4 nitrogen and oxygen atoms in total. The molecular formula is C21H23FN2O2. The molecule has 0 aromatic heterocycles. The average Bonchev–Trinajstić information content (AvgIpc) is 2.99. The third-order valence-corrected chi connectivity index (χ3v) is 4.71. The van der Waals surface area contributed by atoms with E-state index in [2.05, 4.69) is 5.32 Å². The van der Waals surface area contributed by atoms with Crippen LogP contribution in [-0.2, 0) is 22.6 Å². The number of carbonyl (C=O) groups excluding carboxylic acids is 2. The summed E-state index contributed by atoms with van der Waals surface area (Å²) >= 11 is 0. The first kappa shape index (κ1) is 18.1. The van der Waals surface area contributed by atoms with Gasteiger partial charge in [0.15, 0.2) is 0 Å². The first-order valence-corrected chi connectivity index (χ1v) is 8.87. The second kappa shape index (κ2) is 8.13. The molecule has 2 aromatic rings. The lowest BCUT2D eigenvalue weighted by atomic mass is 10.1. The van der Waals surface area contributed by atoms with Crippen LogP contribution in [0, 0.1) is 18.7 Å². The third kappa shape index (κ3) is 4.69. The molecule has 0 spiro atoms. The van der Waals surface area contributed by atoms with Crippen molar-refractivity contribution in [3.05, 3.63) is 71.0 Å². The smallest absolute Gasteiger partial charge is 0.225 e. The molecule has 136 valence electrons. The summed E-state index contributed by atoms with van der Waals surface area (Å²) in [6.45, 7) is 3.50. The number of benzene rings is 2. The van der Waals surface area contributed by atoms with Crippen LogP contribution >= 0.6 is 0 Å². The van der Waals surface area contributed by atoms with Crippen molar-refractivity contribution in [3.63, 3.8) is 0 Å². The van der Waals surface area contributed by atoms with Gasteiger partial charge in [0.05, 0.1) is 5.92 Å². The highest BCUT2D eigenvalue weighted by atomic mass is 19.1. The van der Waals surface area contributed by atoms with E-state index < -0.39 is 0 Å². The minimum Gasteiger partial charge on any atom is -0.355 e. The van der Waals surface area contributed by atoms with E-state index in [1.165, 1.54) is 17.7 Å². The van der Waals surface area contributed by atoms with E-state index >= 15 is 0 Å². The number of nitrogens with zero attached hydrogens (tertiary/aromatic N) is 1. The van der Waals surface area contributed by atoms with Crippen molar-refractivity contribution in [2.75, 3.05) is 13.1 Å². The van der Waals surface area contributed by atoms with Crippen molar-refractivity contribution < 1.29 is 14.0 Å². The Labute approximate surface area is 153 Å². The standard InChI is InChI=1S/C21H23FN2O2/c1-15-2-4-17(5-3-15)13-24-14-18(12-20(24)25)21(26)23-11-10-16-6-8-19(22)9-7-16/h2-9,18H,10-14H2,1H3,(H,23,26)/t18-/m1/s1. The van der Waals surface area contributed by atoms with Crippen LogP contribution < -0.4 is 5.32 Å². The van der Waals surface area contributed by atoms with Crippen LogP contribution in [0.15, 0.2) is 48.5 Å². The predicted octanol–water partition coefficient (Wildman–Crippen LogP) is 2.84. The van der Waals surface area contributed by atoms with Crippen LogP contribution in [-0.4, -0.2) is 29.8 Å². The van der Waals surface area contributed by atoms with Gasteiger partial charge in [-0.15, -0.1) is 0 Å². The average molecular weight is 354 g/mol. The first-order chi connectivity index (χ1) is 12.5. The maximum Gasteiger partial charge on any atom is 0.225 e. The number of hydrogen-bond acceptors (Lipinski definition) is 2. The molecule has 26 heavy (non-hydrogen) atoms. The van der Waals surface area contributed by atoms with Gasteiger partial charge < -0.3 is 10.2 Å². The Morgan fingerprint density at radius 2 is 1.77 bits per heavy atom. The molecular weight excluding hydrogens is 331 g/mol. The highest BCUT2D eigenvalue weighted by Crippen LogP contribution is 2.20. The summed E-state index contributed by atoms with van der Waals surface area (Å²) in [6.07, 6.45) is 0.897. The predicted molar refractivity (Wildman–Crippen MR) is 97.8 cm³/mol. The van der Waals surface area contributed by atoms with E-state index in [1.807, 2.05) is 31.2 Å². The summed E-state index contributed by atoms with van der Waals surface area (Å²) in [7, 11) is 0. The molecule has 2 aromatic carbocycles. The molecule has 1 atom stereocenters. The normalized spacial score (nSPS) is 16.8. The Morgan fingerprint density at radius 3 is 2.46 bits per heavy atom. The van der Waals surface area contributed by atoms with Crippen LogP contribution in [0.1, 0.15) is 23.1 Å². The summed E-state index contributed by atoms with van der Waals surface area (Å²) in [5.41, 5.74) is 3.22. The van der Waals surface area contributed by atoms with Crippen LogP contribution in [0.4, 0.5) is 4.39 Å². The van der Waals surface area contributed by atoms with E-state index in [4.69, 9.17) is 0 Å². The highest BCUT2D eigenvalue weighted by molar-refractivity contribution is 5.89. The largest absolute Gasteiger partial charge is 0.355 e. The Balaban J connectivity index is 1.47. The summed E-state index contributed by atoms with van der Waals surface area (Å²) in [4.78, 5) is 26.3. The molecule has 0 unspecified atom stereocenters. The zero-order chi connectivity index (χ0) is 18.5. The van der Waals surface area contributed by atoms with Gasteiger partial charge in [0.2, 0.25) is 11.8 Å². The van der Waals surface area contributed by atoms with Gasteiger partial charge in [-0.25, -0.2) is 4.39 Å². The van der Waals surface area contributed by atoms with Gasteiger partial charge in [0.1, 0.15) is 5.82 Å². The number of likely N-dealkylation sites (tertiary alicyclic amines) is 1. The van der Waals surface area contributed by atoms with Gasteiger partial charge in [-0.3, -0.25) is 9.59 Å². The number of carbonyl (C=O) groups is 2. The zero-order valence-corrected chi connectivity index (χ0v) is 14.9. The molecule has 2 amide bonds. The SMILES string of the molecule is Cc1ccc(CN2C[C@H](C(=O)NCCc3ccc(F)cc3)CC2=O)cc1. The summed E-state index contributed by atoms with van der Waals surface area (Å²) in [5.74, 6) is -0.645. The molecule has 1 aliphatic rings. The molecule has 1 saturated heterocycles. The molecule has 0 aliphatic carbocycles. The van der Waals surface area contributed by atoms with E-state index in [0.29, 0.717) is 26.1 Å². The van der Waals surface area contributed by atoms with Crippen molar-refractivity contribution in [1.29, 1.82) is 0 Å². The van der Waals surface area contributed by atoms with Crippen LogP contribution in [0.2, 0.25) is 0 Å². The lowest BCUT2D eigenvalue weighted by Crippen LogP contribution is -2.34. The number of rotatable bonds is 6. The van der Waals surface area contributed by atoms with E-state index in [0.717, 1.165) is 11.1 Å². The molecule has 1 aliphatic heterocycles. The third-order valence-electron chi connectivity index (χ3n) is 4.71. The van der Waals surface area contributed by atoms with Crippen molar-refractivity contribution in [2.45, 2.75) is 26.3 Å². The number of halogens is 1.